The molecule has 0 bridgehead atoms. The molecular formula is C8H4Br2ClN3. The molecule has 0 amide bonds. The highest BCUT2D eigenvalue weighted by Gasteiger charge is 2.05. The lowest BCUT2D eigenvalue weighted by Gasteiger charge is -2.02. The molecular weight excluding hydrogens is 333 g/mol. The van der Waals surface area contributed by atoms with Crippen LogP contribution >= 0.6 is 43.5 Å². The monoisotopic (exact) mass is 335 g/mol. The van der Waals surface area contributed by atoms with E-state index in [1.807, 2.05) is 6.07 Å². The van der Waals surface area contributed by atoms with Crippen molar-refractivity contribution in [1.82, 2.24) is 14.8 Å². The number of rotatable bonds is 1. The Hall–Kier alpha value is -0.390. The molecule has 0 aliphatic heterocycles. The maximum atomic E-state index is 6.00. The van der Waals surface area contributed by atoms with E-state index in [1.165, 1.54) is 0 Å². The first-order chi connectivity index (χ1) is 6.66. The van der Waals surface area contributed by atoms with Crippen LogP contribution in [0.1, 0.15) is 0 Å². The fourth-order valence-electron chi connectivity index (χ4n) is 0.996. The van der Waals surface area contributed by atoms with Gasteiger partial charge in [-0.1, -0.05) is 11.6 Å². The first kappa shape index (κ1) is 10.1. The molecule has 14 heavy (non-hydrogen) atoms. The largest absolute Gasteiger partial charge is 0.235 e. The van der Waals surface area contributed by atoms with E-state index < -0.39 is 0 Å². The van der Waals surface area contributed by atoms with E-state index in [9.17, 15) is 0 Å². The number of nitrogens with zero attached hydrogens (tertiary/aromatic N) is 3. The summed E-state index contributed by atoms with van der Waals surface area (Å²) in [6, 6.07) is 3.60. The Balaban J connectivity index is 2.52. The van der Waals surface area contributed by atoms with E-state index in [0.717, 1.165) is 9.08 Å². The van der Waals surface area contributed by atoms with E-state index in [-0.39, 0.29) is 0 Å². The lowest BCUT2D eigenvalue weighted by Crippen LogP contribution is -1.98. The van der Waals surface area contributed by atoms with Crippen LogP contribution in [0.4, 0.5) is 0 Å². The van der Waals surface area contributed by atoms with Crippen LogP contribution in [0.15, 0.2) is 33.6 Å². The lowest BCUT2D eigenvalue weighted by atomic mass is 10.4. The lowest BCUT2D eigenvalue weighted by molar-refractivity contribution is 0.838. The summed E-state index contributed by atoms with van der Waals surface area (Å²) in [5, 5.41) is 4.69. The van der Waals surface area contributed by atoms with Gasteiger partial charge in [0, 0.05) is 16.9 Å². The molecule has 3 nitrogen and oxygen atoms in total. The van der Waals surface area contributed by atoms with Gasteiger partial charge in [0.05, 0.1) is 5.02 Å². The van der Waals surface area contributed by atoms with Crippen LogP contribution in [0.2, 0.25) is 5.02 Å². The molecule has 0 fully saturated rings. The van der Waals surface area contributed by atoms with Crippen molar-refractivity contribution in [3.63, 3.8) is 0 Å². The highest BCUT2D eigenvalue weighted by atomic mass is 79.9. The van der Waals surface area contributed by atoms with Crippen LogP contribution in [0.5, 0.6) is 0 Å². The van der Waals surface area contributed by atoms with Crippen LogP contribution in [0, 0.1) is 0 Å². The van der Waals surface area contributed by atoms with E-state index in [0.29, 0.717) is 10.8 Å². The number of halogens is 3. The topological polar surface area (TPSA) is 30.7 Å². The first-order valence-electron chi connectivity index (χ1n) is 3.69. The summed E-state index contributed by atoms with van der Waals surface area (Å²) in [6.45, 7) is 0. The number of pyridine rings is 1. The van der Waals surface area contributed by atoms with Crippen LogP contribution in [-0.2, 0) is 0 Å². The van der Waals surface area contributed by atoms with E-state index in [4.69, 9.17) is 11.6 Å². The van der Waals surface area contributed by atoms with Crippen LogP contribution in [0.3, 0.4) is 0 Å². The van der Waals surface area contributed by atoms with E-state index >= 15 is 0 Å². The molecule has 2 aromatic rings. The molecule has 0 N–H and O–H groups in total. The molecule has 0 aliphatic rings. The summed E-state index contributed by atoms with van der Waals surface area (Å²) in [5.74, 6) is 0.612. The minimum absolute atomic E-state index is 0.551. The van der Waals surface area contributed by atoms with Crippen molar-refractivity contribution in [3.05, 3.63) is 38.6 Å². The fraction of sp³-hybridized carbons (Fsp3) is 0. The maximum absolute atomic E-state index is 6.00. The Bertz CT molecular complexity index is 469. The van der Waals surface area contributed by atoms with Gasteiger partial charge in [-0.05, 0) is 44.0 Å². The summed E-state index contributed by atoms with van der Waals surface area (Å²) in [4.78, 5) is 4.16. The highest BCUT2D eigenvalue weighted by Crippen LogP contribution is 2.22. The summed E-state index contributed by atoms with van der Waals surface area (Å²) < 4.78 is 3.20. The molecule has 0 aliphatic carbocycles. The predicted molar refractivity (Wildman–Crippen MR) is 61.8 cm³/mol. The second-order valence-corrected chi connectivity index (χ2v) is 4.68. The van der Waals surface area contributed by atoms with Crippen molar-refractivity contribution in [1.29, 1.82) is 0 Å². The third-order valence-corrected chi connectivity index (χ3v) is 2.70. The molecule has 0 saturated heterocycles. The van der Waals surface area contributed by atoms with Gasteiger partial charge in [-0.3, -0.25) is 0 Å². The third-order valence-electron chi connectivity index (χ3n) is 1.56. The normalized spacial score (nSPS) is 10.5. The molecule has 0 saturated carbocycles. The summed E-state index contributed by atoms with van der Waals surface area (Å²) in [5.41, 5.74) is 0. The molecule has 72 valence electrons. The minimum Gasteiger partial charge on any atom is -0.235 e. The smallest absolute Gasteiger partial charge is 0.172 e. The van der Waals surface area contributed by atoms with Gasteiger partial charge < -0.3 is 0 Å². The molecule has 0 aromatic carbocycles. The Morgan fingerprint density at radius 2 is 2.14 bits per heavy atom. The van der Waals surface area contributed by atoms with Crippen molar-refractivity contribution in [2.45, 2.75) is 0 Å². The molecule has 0 unspecified atom stereocenters. The van der Waals surface area contributed by atoms with Gasteiger partial charge in [-0.25, -0.2) is 9.67 Å². The zero-order chi connectivity index (χ0) is 10.1. The van der Waals surface area contributed by atoms with E-state index in [2.05, 4.69) is 41.9 Å². The third kappa shape index (κ3) is 1.99. The Morgan fingerprint density at radius 1 is 1.36 bits per heavy atom. The van der Waals surface area contributed by atoms with Gasteiger partial charge in [0.15, 0.2) is 5.82 Å². The Morgan fingerprint density at radius 3 is 2.71 bits per heavy atom. The van der Waals surface area contributed by atoms with Crippen LogP contribution in [0.25, 0.3) is 5.82 Å². The molecule has 2 heterocycles. The maximum Gasteiger partial charge on any atom is 0.172 e. The summed E-state index contributed by atoms with van der Waals surface area (Å²) >= 11 is 12.5. The van der Waals surface area contributed by atoms with Crippen molar-refractivity contribution in [3.8, 4) is 5.82 Å². The summed E-state index contributed by atoms with van der Waals surface area (Å²) in [7, 11) is 0. The number of hydrogen-bond donors (Lipinski definition) is 0. The highest BCUT2D eigenvalue weighted by molar-refractivity contribution is 9.10. The second-order valence-electron chi connectivity index (χ2n) is 2.54. The van der Waals surface area contributed by atoms with Gasteiger partial charge in [-0.2, -0.15) is 5.10 Å². The Kier molecular flexibility index (Phi) is 2.90. The average molecular weight is 337 g/mol. The standard InChI is InChI=1S/C8H4Br2ClN3/c9-5-3-6(11)8(12-4-5)14-2-1-7(10)13-14/h1-4H. The number of aromatic nitrogens is 3. The Labute approximate surface area is 102 Å². The zero-order valence-corrected chi connectivity index (χ0v) is 10.7. The van der Waals surface area contributed by atoms with Crippen molar-refractivity contribution < 1.29 is 0 Å². The number of hydrogen-bond acceptors (Lipinski definition) is 2. The minimum atomic E-state index is 0.551. The molecule has 2 rings (SSSR count). The molecule has 2 aromatic heterocycles. The van der Waals surface area contributed by atoms with Crippen molar-refractivity contribution in [2.24, 2.45) is 0 Å². The predicted octanol–water partition coefficient (Wildman–Crippen LogP) is 3.45. The first-order valence-corrected chi connectivity index (χ1v) is 5.66. The zero-order valence-electron chi connectivity index (χ0n) is 6.78. The van der Waals surface area contributed by atoms with Crippen LogP contribution in [-0.4, -0.2) is 14.8 Å². The molecule has 6 heteroatoms. The van der Waals surface area contributed by atoms with Gasteiger partial charge in [0.2, 0.25) is 0 Å². The second kappa shape index (κ2) is 4.00. The van der Waals surface area contributed by atoms with Gasteiger partial charge >= 0.3 is 0 Å². The fourth-order valence-corrected chi connectivity index (χ4v) is 2.00. The van der Waals surface area contributed by atoms with Crippen molar-refractivity contribution >= 4 is 43.5 Å². The molecule has 0 atom stereocenters. The molecule has 0 spiro atoms. The van der Waals surface area contributed by atoms with Gasteiger partial charge in [0.25, 0.3) is 0 Å². The SMILES string of the molecule is Clc1cc(Br)cnc1-n1ccc(Br)n1. The van der Waals surface area contributed by atoms with Crippen LogP contribution < -0.4 is 0 Å². The van der Waals surface area contributed by atoms with Crippen molar-refractivity contribution in [2.75, 3.05) is 0 Å². The molecule has 0 radical (unpaired) electrons. The summed E-state index contributed by atoms with van der Waals surface area (Å²) in [6.07, 6.45) is 3.46. The average Bonchev–Trinajstić information content (AvgIpc) is 2.51. The quantitative estimate of drug-likeness (QED) is 0.798. The van der Waals surface area contributed by atoms with E-state index in [1.54, 1.807) is 23.1 Å². The van der Waals surface area contributed by atoms with Gasteiger partial charge in [-0.15, -0.1) is 0 Å². The van der Waals surface area contributed by atoms with Gasteiger partial charge in [0.1, 0.15) is 4.60 Å².